The van der Waals surface area contributed by atoms with E-state index in [1.165, 1.54) is 17.5 Å². The molecule has 16 heavy (non-hydrogen) atoms. The fourth-order valence-corrected chi connectivity index (χ4v) is 2.72. The summed E-state index contributed by atoms with van der Waals surface area (Å²) in [6.07, 6.45) is 2.34. The van der Waals surface area contributed by atoms with E-state index in [1.54, 1.807) is 0 Å². The van der Waals surface area contributed by atoms with Gasteiger partial charge in [-0.25, -0.2) is 0 Å². The minimum Gasteiger partial charge on any atom is -0.382 e. The molecule has 0 radical (unpaired) electrons. The molecule has 0 aromatic heterocycles. The second-order valence-corrected chi connectivity index (χ2v) is 4.41. The SMILES string of the molecule is CCOCCC1Cc2ccccc2C1NC. The minimum atomic E-state index is 0.511. The second kappa shape index (κ2) is 5.46. The molecule has 0 bridgehead atoms. The molecule has 0 saturated heterocycles. The smallest absolute Gasteiger partial charge is 0.0469 e. The first-order valence-electron chi connectivity index (χ1n) is 6.19. The van der Waals surface area contributed by atoms with E-state index in [0.717, 1.165) is 19.6 Å². The van der Waals surface area contributed by atoms with Gasteiger partial charge in [0, 0.05) is 19.3 Å². The molecule has 0 fully saturated rings. The Morgan fingerprint density at radius 3 is 2.94 bits per heavy atom. The number of rotatable bonds is 5. The van der Waals surface area contributed by atoms with Crippen LogP contribution in [-0.4, -0.2) is 20.3 Å². The van der Waals surface area contributed by atoms with Crippen LogP contribution in [0.3, 0.4) is 0 Å². The molecule has 0 spiro atoms. The molecule has 0 saturated carbocycles. The van der Waals surface area contributed by atoms with E-state index < -0.39 is 0 Å². The molecule has 1 aromatic carbocycles. The quantitative estimate of drug-likeness (QED) is 0.768. The first kappa shape index (κ1) is 11.6. The van der Waals surface area contributed by atoms with Gasteiger partial charge in [-0.15, -0.1) is 0 Å². The fourth-order valence-electron chi connectivity index (χ4n) is 2.72. The number of benzene rings is 1. The van der Waals surface area contributed by atoms with Gasteiger partial charge in [-0.3, -0.25) is 0 Å². The maximum Gasteiger partial charge on any atom is 0.0469 e. The van der Waals surface area contributed by atoms with Gasteiger partial charge in [-0.1, -0.05) is 24.3 Å². The Labute approximate surface area is 98.0 Å². The Kier molecular flexibility index (Phi) is 3.97. The Balaban J connectivity index is 2.03. The highest BCUT2D eigenvalue weighted by molar-refractivity contribution is 5.35. The largest absolute Gasteiger partial charge is 0.382 e. The summed E-state index contributed by atoms with van der Waals surface area (Å²) in [5.74, 6) is 0.689. The van der Waals surface area contributed by atoms with Crippen molar-refractivity contribution in [3.63, 3.8) is 0 Å². The summed E-state index contributed by atoms with van der Waals surface area (Å²) >= 11 is 0. The molecule has 0 amide bonds. The van der Waals surface area contributed by atoms with E-state index in [9.17, 15) is 0 Å². The lowest BCUT2D eigenvalue weighted by Gasteiger charge is -2.19. The highest BCUT2D eigenvalue weighted by Gasteiger charge is 2.30. The van der Waals surface area contributed by atoms with Gasteiger partial charge in [0.1, 0.15) is 0 Å². The van der Waals surface area contributed by atoms with Gasteiger partial charge in [0.2, 0.25) is 0 Å². The van der Waals surface area contributed by atoms with Crippen LogP contribution >= 0.6 is 0 Å². The van der Waals surface area contributed by atoms with Crippen LogP contribution in [0.5, 0.6) is 0 Å². The summed E-state index contributed by atoms with van der Waals surface area (Å²) in [6.45, 7) is 3.76. The van der Waals surface area contributed by atoms with Crippen molar-refractivity contribution in [1.82, 2.24) is 5.32 Å². The monoisotopic (exact) mass is 219 g/mol. The summed E-state index contributed by atoms with van der Waals surface area (Å²) in [5, 5.41) is 3.44. The number of nitrogens with one attached hydrogen (secondary N) is 1. The Morgan fingerprint density at radius 1 is 1.38 bits per heavy atom. The van der Waals surface area contributed by atoms with Crippen LogP contribution in [0.4, 0.5) is 0 Å². The standard InChI is InChI=1S/C14H21NO/c1-3-16-9-8-12-10-11-6-4-5-7-13(11)14(12)15-2/h4-7,12,14-15H,3,8-10H2,1-2H3. The number of fused-ring (bicyclic) bond motifs is 1. The summed E-state index contributed by atoms with van der Waals surface area (Å²) in [5.41, 5.74) is 2.98. The molecule has 0 heterocycles. The highest BCUT2D eigenvalue weighted by atomic mass is 16.5. The number of hydrogen-bond acceptors (Lipinski definition) is 2. The zero-order valence-electron chi connectivity index (χ0n) is 10.2. The van der Waals surface area contributed by atoms with Crippen molar-refractivity contribution < 1.29 is 4.74 Å². The maximum absolute atomic E-state index is 5.46. The molecule has 0 aliphatic heterocycles. The van der Waals surface area contributed by atoms with Crippen molar-refractivity contribution in [3.05, 3.63) is 35.4 Å². The molecule has 2 rings (SSSR count). The lowest BCUT2D eigenvalue weighted by atomic mass is 9.97. The van der Waals surface area contributed by atoms with E-state index in [0.29, 0.717) is 12.0 Å². The van der Waals surface area contributed by atoms with Gasteiger partial charge in [-0.05, 0) is 43.9 Å². The van der Waals surface area contributed by atoms with Crippen molar-refractivity contribution in [2.75, 3.05) is 20.3 Å². The van der Waals surface area contributed by atoms with Gasteiger partial charge in [0.25, 0.3) is 0 Å². The lowest BCUT2D eigenvalue weighted by molar-refractivity contribution is 0.127. The van der Waals surface area contributed by atoms with E-state index in [4.69, 9.17) is 4.74 Å². The molecule has 1 aliphatic rings. The zero-order chi connectivity index (χ0) is 11.4. The third-order valence-electron chi connectivity index (χ3n) is 3.49. The molecular formula is C14H21NO. The van der Waals surface area contributed by atoms with Crippen LogP contribution in [0, 0.1) is 5.92 Å². The number of ether oxygens (including phenoxy) is 1. The molecule has 2 nitrogen and oxygen atoms in total. The van der Waals surface area contributed by atoms with Gasteiger partial charge in [0.15, 0.2) is 0 Å². The molecule has 1 aromatic rings. The Hall–Kier alpha value is -0.860. The third kappa shape index (κ3) is 2.28. The van der Waals surface area contributed by atoms with Crippen molar-refractivity contribution in [3.8, 4) is 0 Å². The molecule has 2 atom stereocenters. The summed E-state index contributed by atoms with van der Waals surface area (Å²) < 4.78 is 5.46. The van der Waals surface area contributed by atoms with E-state index in [2.05, 4.69) is 43.6 Å². The number of hydrogen-bond donors (Lipinski definition) is 1. The van der Waals surface area contributed by atoms with Gasteiger partial charge >= 0.3 is 0 Å². The first-order valence-corrected chi connectivity index (χ1v) is 6.19. The minimum absolute atomic E-state index is 0.511. The van der Waals surface area contributed by atoms with Crippen molar-refractivity contribution in [1.29, 1.82) is 0 Å². The summed E-state index contributed by atoms with van der Waals surface area (Å²) in [7, 11) is 2.06. The topological polar surface area (TPSA) is 21.3 Å². The predicted molar refractivity (Wildman–Crippen MR) is 66.5 cm³/mol. The van der Waals surface area contributed by atoms with Crippen molar-refractivity contribution in [2.24, 2.45) is 5.92 Å². The van der Waals surface area contributed by atoms with Crippen LogP contribution < -0.4 is 5.32 Å². The van der Waals surface area contributed by atoms with Gasteiger partial charge in [-0.2, -0.15) is 0 Å². The van der Waals surface area contributed by atoms with E-state index in [1.807, 2.05) is 0 Å². The first-order chi connectivity index (χ1) is 7.86. The van der Waals surface area contributed by atoms with Crippen LogP contribution in [0.25, 0.3) is 0 Å². The van der Waals surface area contributed by atoms with E-state index in [-0.39, 0.29) is 0 Å². The maximum atomic E-state index is 5.46. The van der Waals surface area contributed by atoms with Crippen LogP contribution in [-0.2, 0) is 11.2 Å². The average Bonchev–Trinajstić information content (AvgIpc) is 2.67. The Bertz CT molecular complexity index is 337. The predicted octanol–water partition coefficient (Wildman–Crippen LogP) is 2.55. The van der Waals surface area contributed by atoms with E-state index >= 15 is 0 Å². The molecule has 1 N–H and O–H groups in total. The molecular weight excluding hydrogens is 198 g/mol. The molecule has 1 aliphatic carbocycles. The van der Waals surface area contributed by atoms with Crippen LogP contribution in [0.1, 0.15) is 30.5 Å². The lowest BCUT2D eigenvalue weighted by Crippen LogP contribution is -2.22. The zero-order valence-corrected chi connectivity index (χ0v) is 10.2. The van der Waals surface area contributed by atoms with Gasteiger partial charge in [0.05, 0.1) is 0 Å². The molecule has 88 valence electrons. The summed E-state index contributed by atoms with van der Waals surface area (Å²) in [6, 6.07) is 9.28. The van der Waals surface area contributed by atoms with Crippen LogP contribution in [0.15, 0.2) is 24.3 Å². The fraction of sp³-hybridized carbons (Fsp3) is 0.571. The molecule has 2 heteroatoms. The Morgan fingerprint density at radius 2 is 2.19 bits per heavy atom. The normalized spacial score (nSPS) is 23.4. The van der Waals surface area contributed by atoms with Crippen LogP contribution in [0.2, 0.25) is 0 Å². The summed E-state index contributed by atoms with van der Waals surface area (Å²) in [4.78, 5) is 0. The third-order valence-corrected chi connectivity index (χ3v) is 3.49. The second-order valence-electron chi connectivity index (χ2n) is 4.41. The van der Waals surface area contributed by atoms with Crippen molar-refractivity contribution in [2.45, 2.75) is 25.8 Å². The highest BCUT2D eigenvalue weighted by Crippen LogP contribution is 2.37. The average molecular weight is 219 g/mol. The molecule has 2 unspecified atom stereocenters. The van der Waals surface area contributed by atoms with Crippen molar-refractivity contribution >= 4 is 0 Å². The van der Waals surface area contributed by atoms with Gasteiger partial charge < -0.3 is 10.1 Å².